The molecule has 6 aromatic carbocycles. The van der Waals surface area contributed by atoms with Gasteiger partial charge in [0.15, 0.2) is 0 Å². The summed E-state index contributed by atoms with van der Waals surface area (Å²) in [5.41, 5.74) is 9.13. The van der Waals surface area contributed by atoms with Gasteiger partial charge in [0.1, 0.15) is 0 Å². The second-order valence-corrected chi connectivity index (χ2v) is 19.5. The Bertz CT molecular complexity index is 2370. The van der Waals surface area contributed by atoms with E-state index >= 15 is 0 Å². The molecule has 0 unspecified atom stereocenters. The number of rotatable bonds is 2. The molecule has 0 aliphatic carbocycles. The van der Waals surface area contributed by atoms with Crippen LogP contribution in [0.15, 0.2) is 151 Å². The van der Waals surface area contributed by atoms with Gasteiger partial charge in [0.2, 0.25) is 19.7 Å². The van der Waals surface area contributed by atoms with E-state index in [1.54, 1.807) is 24.3 Å². The summed E-state index contributed by atoms with van der Waals surface area (Å²) in [6.45, 7) is 0. The van der Waals surface area contributed by atoms with Gasteiger partial charge in [0.25, 0.3) is 0 Å². The minimum Gasteiger partial charge on any atom is -0.218 e. The summed E-state index contributed by atoms with van der Waals surface area (Å²) in [6, 6.07) is 38.8. The minimum atomic E-state index is -3.56. The Kier molecular flexibility index (Phi) is 5.29. The van der Waals surface area contributed by atoms with Crippen molar-refractivity contribution >= 4 is 29.7 Å². The third kappa shape index (κ3) is 3.54. The summed E-state index contributed by atoms with van der Waals surface area (Å²) in [5.74, 6) is 0. The van der Waals surface area contributed by atoms with Crippen LogP contribution in [0.3, 0.4) is 0 Å². The van der Waals surface area contributed by atoms with Crippen molar-refractivity contribution < 1.29 is 16.8 Å². The van der Waals surface area contributed by atoms with Crippen LogP contribution >= 0.6 is 10.0 Å². The Morgan fingerprint density at radius 1 is 0.333 bits per heavy atom. The highest BCUT2D eigenvalue weighted by Crippen LogP contribution is 2.68. The van der Waals surface area contributed by atoms with Crippen molar-refractivity contribution in [3.63, 3.8) is 0 Å². The van der Waals surface area contributed by atoms with E-state index in [0.717, 1.165) is 44.5 Å². The zero-order valence-electron chi connectivity index (χ0n) is 24.4. The van der Waals surface area contributed by atoms with Crippen molar-refractivity contribution in [2.75, 3.05) is 12.5 Å². The van der Waals surface area contributed by atoms with Gasteiger partial charge in [-0.1, -0.05) is 84.9 Å². The van der Waals surface area contributed by atoms with Crippen LogP contribution in [0.4, 0.5) is 0 Å². The smallest absolute Gasteiger partial charge is 0.207 e. The molecule has 0 spiro atoms. The largest absolute Gasteiger partial charge is 0.218 e. The maximum Gasteiger partial charge on any atom is 0.207 e. The van der Waals surface area contributed by atoms with E-state index in [2.05, 4.69) is 48.9 Å². The molecule has 0 amide bonds. The maximum atomic E-state index is 13.4. The molecular formula is C38H26O4S3. The SMILES string of the molecule is CS1(C)c2cc(-c3ccc4c(c3)S(=O)(=O)c3ccccc3-4)ccc2-c2ccc(-c3ccc4c(c3)S(=O)(=O)c3ccccc3-4)cc21. The number of hydrogen-bond donors (Lipinski definition) is 0. The van der Waals surface area contributed by atoms with E-state index < -0.39 is 29.7 Å². The Labute approximate surface area is 264 Å². The zero-order chi connectivity index (χ0) is 30.9. The lowest BCUT2D eigenvalue weighted by atomic mass is 9.96. The molecule has 0 N–H and O–H groups in total. The lowest BCUT2D eigenvalue weighted by Crippen LogP contribution is -1.97. The van der Waals surface area contributed by atoms with Gasteiger partial charge < -0.3 is 0 Å². The van der Waals surface area contributed by atoms with Crippen molar-refractivity contribution in [3.8, 4) is 55.6 Å². The molecule has 3 aliphatic heterocycles. The summed E-state index contributed by atoms with van der Waals surface area (Å²) in [7, 11) is -8.55. The topological polar surface area (TPSA) is 68.3 Å². The second-order valence-electron chi connectivity index (χ2n) is 12.2. The van der Waals surface area contributed by atoms with Crippen LogP contribution in [0.1, 0.15) is 0 Å². The molecule has 9 rings (SSSR count). The summed E-state index contributed by atoms with van der Waals surface area (Å²) in [4.78, 5) is 3.97. The first-order valence-corrected chi connectivity index (χ1v) is 20.0. The molecular weight excluding hydrogens is 617 g/mol. The molecule has 3 heterocycles. The Balaban J connectivity index is 1.11. The van der Waals surface area contributed by atoms with Crippen LogP contribution in [0.25, 0.3) is 55.6 Å². The molecule has 0 saturated heterocycles. The highest BCUT2D eigenvalue weighted by molar-refractivity contribution is 8.33. The molecule has 0 saturated carbocycles. The normalized spacial score (nSPS) is 17.4. The zero-order valence-corrected chi connectivity index (χ0v) is 26.9. The number of benzene rings is 6. The molecule has 220 valence electrons. The standard InChI is InChI=1S/C38H26O4S3/c1-43(2)35-19-23(25-13-17-31-27-7-3-5-9-33(27)44(39,40)37(31)21-25)11-15-29(35)30-16-12-24(20-36(30)43)26-14-18-32-28-8-4-6-10-34(28)45(41,42)38(32)22-26/h3-22H,1-2H3. The van der Waals surface area contributed by atoms with Gasteiger partial charge in [0.05, 0.1) is 19.6 Å². The van der Waals surface area contributed by atoms with E-state index in [1.165, 1.54) is 20.9 Å². The van der Waals surface area contributed by atoms with Crippen molar-refractivity contribution in [2.24, 2.45) is 0 Å². The minimum absolute atomic E-state index is 0.362. The molecule has 0 atom stereocenters. The predicted molar refractivity (Wildman–Crippen MR) is 180 cm³/mol. The number of hydrogen-bond acceptors (Lipinski definition) is 4. The predicted octanol–water partition coefficient (Wildman–Crippen LogP) is 9.11. The van der Waals surface area contributed by atoms with Gasteiger partial charge in [-0.15, -0.1) is 0 Å². The third-order valence-electron chi connectivity index (χ3n) is 9.50. The van der Waals surface area contributed by atoms with Gasteiger partial charge >= 0.3 is 0 Å². The first kappa shape index (κ1) is 26.9. The van der Waals surface area contributed by atoms with Crippen molar-refractivity contribution in [1.29, 1.82) is 0 Å². The Hall–Kier alpha value is -4.43. The van der Waals surface area contributed by atoms with Gasteiger partial charge in [-0.25, -0.2) is 16.8 Å². The first-order chi connectivity index (χ1) is 21.6. The molecule has 45 heavy (non-hydrogen) atoms. The van der Waals surface area contributed by atoms with E-state index in [9.17, 15) is 16.8 Å². The van der Waals surface area contributed by atoms with E-state index in [1.807, 2.05) is 60.7 Å². The van der Waals surface area contributed by atoms with Crippen LogP contribution in [0.5, 0.6) is 0 Å². The van der Waals surface area contributed by atoms with Crippen molar-refractivity contribution in [1.82, 2.24) is 0 Å². The molecule has 0 aromatic heterocycles. The average Bonchev–Trinajstić information content (AvgIpc) is 3.53. The fourth-order valence-corrected chi connectivity index (χ4v) is 13.1. The highest BCUT2D eigenvalue weighted by atomic mass is 32.3. The summed E-state index contributed by atoms with van der Waals surface area (Å²) >= 11 is 0. The fourth-order valence-electron chi connectivity index (χ4n) is 7.19. The van der Waals surface area contributed by atoms with Gasteiger partial charge in [-0.2, -0.15) is 10.0 Å². The van der Waals surface area contributed by atoms with Gasteiger partial charge in [0, 0.05) is 32.0 Å². The summed E-state index contributed by atoms with van der Waals surface area (Å²) in [6.07, 6.45) is 4.58. The molecule has 6 aromatic rings. The summed E-state index contributed by atoms with van der Waals surface area (Å²) in [5, 5.41) is 0. The number of fused-ring (bicyclic) bond motifs is 9. The van der Waals surface area contributed by atoms with Crippen LogP contribution < -0.4 is 0 Å². The van der Waals surface area contributed by atoms with Crippen LogP contribution in [-0.2, 0) is 19.7 Å². The van der Waals surface area contributed by atoms with Crippen molar-refractivity contribution in [2.45, 2.75) is 29.4 Å². The Morgan fingerprint density at radius 2 is 0.622 bits per heavy atom. The maximum absolute atomic E-state index is 13.4. The fraction of sp³-hybridized carbons (Fsp3) is 0.0526. The van der Waals surface area contributed by atoms with E-state index in [0.29, 0.717) is 19.6 Å². The lowest BCUT2D eigenvalue weighted by molar-refractivity contribution is 0.597. The molecule has 0 bridgehead atoms. The number of sulfone groups is 2. The van der Waals surface area contributed by atoms with Gasteiger partial charge in [-0.3, -0.25) is 0 Å². The molecule has 4 nitrogen and oxygen atoms in total. The molecule has 0 fully saturated rings. The van der Waals surface area contributed by atoms with Crippen molar-refractivity contribution in [3.05, 3.63) is 121 Å². The Morgan fingerprint density at radius 3 is 1.00 bits per heavy atom. The van der Waals surface area contributed by atoms with E-state index in [-0.39, 0.29) is 0 Å². The van der Waals surface area contributed by atoms with Crippen LogP contribution in [0.2, 0.25) is 0 Å². The van der Waals surface area contributed by atoms with Gasteiger partial charge in [-0.05, 0) is 82.3 Å². The summed E-state index contributed by atoms with van der Waals surface area (Å²) < 4.78 is 53.5. The lowest BCUT2D eigenvalue weighted by Gasteiger charge is -2.29. The van der Waals surface area contributed by atoms with Crippen LogP contribution in [-0.4, -0.2) is 29.3 Å². The molecule has 7 heteroatoms. The van der Waals surface area contributed by atoms with E-state index in [4.69, 9.17) is 0 Å². The molecule has 3 aliphatic rings. The quantitative estimate of drug-likeness (QED) is 0.189. The van der Waals surface area contributed by atoms with Crippen LogP contribution in [0, 0.1) is 0 Å². The molecule has 0 radical (unpaired) electrons. The third-order valence-corrected chi connectivity index (χ3v) is 16.1. The average molecular weight is 643 g/mol. The highest BCUT2D eigenvalue weighted by Gasteiger charge is 2.36. The first-order valence-electron chi connectivity index (χ1n) is 14.6. The monoisotopic (exact) mass is 642 g/mol. The second kappa shape index (κ2) is 8.85.